The largest absolute Gasteiger partial charge is 0.393 e. The topological polar surface area (TPSA) is 26.7 Å². The summed E-state index contributed by atoms with van der Waals surface area (Å²) in [6.45, 7) is 7.36. The fourth-order valence-corrected chi connectivity index (χ4v) is 3.18. The highest BCUT2D eigenvalue weighted by molar-refractivity contribution is 4.87. The summed E-state index contributed by atoms with van der Waals surface area (Å²) in [5.41, 5.74) is 0. The van der Waals surface area contributed by atoms with Gasteiger partial charge in [-0.2, -0.15) is 0 Å². The Labute approximate surface area is 106 Å². The summed E-state index contributed by atoms with van der Waals surface area (Å²) in [7, 11) is 2.23. The highest BCUT2D eigenvalue weighted by Crippen LogP contribution is 2.27. The maximum absolute atomic E-state index is 9.33. The molecule has 0 amide bonds. The van der Waals surface area contributed by atoms with Crippen molar-refractivity contribution in [2.75, 3.05) is 33.2 Å². The molecule has 100 valence electrons. The number of nitrogens with zero attached hydrogens (tertiary/aromatic N) is 2. The molecular formula is C14H28N2O. The molecule has 0 spiro atoms. The molecule has 1 heterocycles. The minimum atomic E-state index is -0.0196. The van der Waals surface area contributed by atoms with Gasteiger partial charge in [0.25, 0.3) is 0 Å². The summed E-state index contributed by atoms with van der Waals surface area (Å²) < 4.78 is 0. The molecule has 1 N–H and O–H groups in total. The molecule has 17 heavy (non-hydrogen) atoms. The highest BCUT2D eigenvalue weighted by atomic mass is 16.3. The third-order valence-electron chi connectivity index (χ3n) is 4.50. The summed E-state index contributed by atoms with van der Waals surface area (Å²) in [5.74, 6) is 0.880. The molecule has 3 heteroatoms. The second kappa shape index (κ2) is 6.17. The van der Waals surface area contributed by atoms with Gasteiger partial charge in [-0.1, -0.05) is 6.92 Å². The first kappa shape index (κ1) is 13.3. The monoisotopic (exact) mass is 240 g/mol. The lowest BCUT2D eigenvalue weighted by molar-refractivity contribution is 0.00285. The maximum atomic E-state index is 9.33. The second-order valence-electron chi connectivity index (χ2n) is 6.00. The maximum Gasteiger partial charge on any atom is 0.0570 e. The van der Waals surface area contributed by atoms with E-state index in [1.807, 2.05) is 0 Å². The quantitative estimate of drug-likeness (QED) is 0.790. The molecule has 2 fully saturated rings. The minimum absolute atomic E-state index is 0.0196. The van der Waals surface area contributed by atoms with Gasteiger partial charge in [0.2, 0.25) is 0 Å². The zero-order valence-electron chi connectivity index (χ0n) is 11.4. The number of piperidine rings is 1. The molecule has 1 saturated carbocycles. The number of likely N-dealkylation sites (tertiary alicyclic amines) is 1. The molecule has 1 saturated heterocycles. The fourth-order valence-electron chi connectivity index (χ4n) is 3.18. The van der Waals surface area contributed by atoms with E-state index in [0.717, 1.165) is 18.8 Å². The standard InChI is InChI=1S/C14H28N2O/c1-3-6-16-7-4-12(5-8-16)11-15(2)13-9-14(17)10-13/h12-14,17H,3-11H2,1-2H3. The first-order valence-corrected chi connectivity index (χ1v) is 7.29. The van der Waals surface area contributed by atoms with Crippen LogP contribution in [0.4, 0.5) is 0 Å². The first-order chi connectivity index (χ1) is 8.19. The molecule has 2 aliphatic rings. The van der Waals surface area contributed by atoms with Crippen LogP contribution in [0.15, 0.2) is 0 Å². The smallest absolute Gasteiger partial charge is 0.0570 e. The van der Waals surface area contributed by atoms with Crippen LogP contribution in [0.2, 0.25) is 0 Å². The van der Waals surface area contributed by atoms with Crippen LogP contribution in [-0.2, 0) is 0 Å². The molecule has 1 aliphatic carbocycles. The summed E-state index contributed by atoms with van der Waals surface area (Å²) in [6, 6.07) is 0.652. The van der Waals surface area contributed by atoms with Crippen molar-refractivity contribution >= 4 is 0 Å². The van der Waals surface area contributed by atoms with Crippen molar-refractivity contribution in [2.24, 2.45) is 5.92 Å². The predicted molar refractivity (Wildman–Crippen MR) is 71.1 cm³/mol. The number of hydrogen-bond donors (Lipinski definition) is 1. The lowest BCUT2D eigenvalue weighted by atomic mass is 9.87. The number of hydrogen-bond acceptors (Lipinski definition) is 3. The molecule has 0 unspecified atom stereocenters. The predicted octanol–water partition coefficient (Wildman–Crippen LogP) is 1.56. The van der Waals surface area contributed by atoms with Crippen LogP contribution in [0.1, 0.15) is 39.0 Å². The van der Waals surface area contributed by atoms with Gasteiger partial charge in [-0.25, -0.2) is 0 Å². The zero-order chi connectivity index (χ0) is 12.3. The average molecular weight is 240 g/mol. The molecule has 0 atom stereocenters. The summed E-state index contributed by atoms with van der Waals surface area (Å²) in [5, 5.41) is 9.33. The first-order valence-electron chi connectivity index (χ1n) is 7.29. The van der Waals surface area contributed by atoms with Crippen LogP contribution in [0.5, 0.6) is 0 Å². The Morgan fingerprint density at radius 3 is 2.41 bits per heavy atom. The van der Waals surface area contributed by atoms with Crippen molar-refractivity contribution in [3.63, 3.8) is 0 Å². The van der Waals surface area contributed by atoms with Crippen LogP contribution in [-0.4, -0.2) is 60.3 Å². The molecule has 0 bridgehead atoms. The van der Waals surface area contributed by atoms with E-state index >= 15 is 0 Å². The van der Waals surface area contributed by atoms with Crippen LogP contribution >= 0.6 is 0 Å². The Balaban J connectivity index is 1.64. The molecule has 0 aromatic heterocycles. The van der Waals surface area contributed by atoms with E-state index in [0.29, 0.717) is 6.04 Å². The van der Waals surface area contributed by atoms with Gasteiger partial charge in [0.15, 0.2) is 0 Å². The van der Waals surface area contributed by atoms with Crippen LogP contribution in [0.3, 0.4) is 0 Å². The summed E-state index contributed by atoms with van der Waals surface area (Å²) >= 11 is 0. The Kier molecular flexibility index (Phi) is 4.83. The van der Waals surface area contributed by atoms with E-state index in [-0.39, 0.29) is 6.10 Å². The minimum Gasteiger partial charge on any atom is -0.393 e. The van der Waals surface area contributed by atoms with Gasteiger partial charge in [-0.15, -0.1) is 0 Å². The zero-order valence-corrected chi connectivity index (χ0v) is 11.4. The van der Waals surface area contributed by atoms with Crippen molar-refractivity contribution < 1.29 is 5.11 Å². The van der Waals surface area contributed by atoms with Crippen molar-refractivity contribution in [1.82, 2.24) is 9.80 Å². The average Bonchev–Trinajstić information content (AvgIpc) is 2.28. The molecule has 2 rings (SSSR count). The second-order valence-corrected chi connectivity index (χ2v) is 6.00. The third kappa shape index (κ3) is 3.67. The number of aliphatic hydroxyl groups excluding tert-OH is 1. The Hall–Kier alpha value is -0.120. The van der Waals surface area contributed by atoms with Crippen molar-refractivity contribution in [2.45, 2.75) is 51.2 Å². The Bertz CT molecular complexity index is 220. The Morgan fingerprint density at radius 2 is 1.88 bits per heavy atom. The summed E-state index contributed by atoms with van der Waals surface area (Å²) in [4.78, 5) is 5.08. The number of aliphatic hydroxyl groups is 1. The summed E-state index contributed by atoms with van der Waals surface area (Å²) in [6.07, 6.45) is 5.97. The van der Waals surface area contributed by atoms with Gasteiger partial charge in [-0.05, 0) is 64.7 Å². The van der Waals surface area contributed by atoms with E-state index in [1.165, 1.54) is 45.4 Å². The van der Waals surface area contributed by atoms with Crippen molar-refractivity contribution in [3.8, 4) is 0 Å². The fraction of sp³-hybridized carbons (Fsp3) is 1.00. The molecule has 0 aromatic carbocycles. The molecule has 3 nitrogen and oxygen atoms in total. The van der Waals surface area contributed by atoms with Crippen molar-refractivity contribution in [1.29, 1.82) is 0 Å². The van der Waals surface area contributed by atoms with Gasteiger partial charge in [0.1, 0.15) is 0 Å². The molecular weight excluding hydrogens is 212 g/mol. The lowest BCUT2D eigenvalue weighted by Crippen LogP contribution is -2.48. The lowest BCUT2D eigenvalue weighted by Gasteiger charge is -2.41. The van der Waals surface area contributed by atoms with E-state index in [2.05, 4.69) is 23.8 Å². The van der Waals surface area contributed by atoms with Gasteiger partial charge in [-0.3, -0.25) is 0 Å². The van der Waals surface area contributed by atoms with Crippen molar-refractivity contribution in [3.05, 3.63) is 0 Å². The van der Waals surface area contributed by atoms with E-state index in [4.69, 9.17) is 0 Å². The molecule has 0 aromatic rings. The van der Waals surface area contributed by atoms with Crippen LogP contribution in [0.25, 0.3) is 0 Å². The van der Waals surface area contributed by atoms with Gasteiger partial charge < -0.3 is 14.9 Å². The van der Waals surface area contributed by atoms with Gasteiger partial charge in [0.05, 0.1) is 6.10 Å². The van der Waals surface area contributed by atoms with E-state index in [9.17, 15) is 5.11 Å². The third-order valence-corrected chi connectivity index (χ3v) is 4.50. The van der Waals surface area contributed by atoms with E-state index < -0.39 is 0 Å². The van der Waals surface area contributed by atoms with Crippen LogP contribution in [0, 0.1) is 5.92 Å². The van der Waals surface area contributed by atoms with E-state index in [1.54, 1.807) is 0 Å². The Morgan fingerprint density at radius 1 is 1.24 bits per heavy atom. The SMILES string of the molecule is CCCN1CCC(CN(C)C2CC(O)C2)CC1. The number of rotatable bonds is 5. The van der Waals surface area contributed by atoms with Gasteiger partial charge in [0, 0.05) is 12.6 Å². The normalized spacial score (nSPS) is 31.8. The van der Waals surface area contributed by atoms with Gasteiger partial charge >= 0.3 is 0 Å². The molecule has 1 aliphatic heterocycles. The van der Waals surface area contributed by atoms with Crippen LogP contribution < -0.4 is 0 Å². The highest BCUT2D eigenvalue weighted by Gasteiger charge is 2.31. The molecule has 0 radical (unpaired) electrons.